The van der Waals surface area contributed by atoms with Gasteiger partial charge in [0.05, 0.1) is 12.6 Å². The zero-order valence-corrected chi connectivity index (χ0v) is 11.3. The van der Waals surface area contributed by atoms with E-state index in [-0.39, 0.29) is 6.04 Å². The molecule has 1 rings (SSSR count). The van der Waals surface area contributed by atoms with Gasteiger partial charge in [0.25, 0.3) is 0 Å². The van der Waals surface area contributed by atoms with E-state index in [2.05, 4.69) is 27.2 Å². The monoisotopic (exact) mass is 256 g/mol. The molecule has 17 heavy (non-hydrogen) atoms. The van der Waals surface area contributed by atoms with Crippen LogP contribution in [0.1, 0.15) is 12.5 Å². The minimum absolute atomic E-state index is 0.0796. The second kappa shape index (κ2) is 7.26. The maximum Gasteiger partial charge on any atom is 0.208 e. The Morgan fingerprint density at radius 1 is 1.71 bits per heavy atom. The van der Waals surface area contributed by atoms with Crippen LogP contribution in [0.25, 0.3) is 0 Å². The van der Waals surface area contributed by atoms with Crippen LogP contribution in [0, 0.1) is 0 Å². The van der Waals surface area contributed by atoms with Gasteiger partial charge in [0.2, 0.25) is 5.96 Å². The van der Waals surface area contributed by atoms with Crippen molar-refractivity contribution < 1.29 is 4.74 Å². The van der Waals surface area contributed by atoms with Gasteiger partial charge in [-0.25, -0.2) is 10.8 Å². The molecule has 96 valence electrons. The molecule has 3 N–H and O–H groups in total. The summed E-state index contributed by atoms with van der Waals surface area (Å²) < 4.78 is 5.04. The Morgan fingerprint density at radius 3 is 3.00 bits per heavy atom. The van der Waals surface area contributed by atoms with Crippen molar-refractivity contribution in [2.75, 3.05) is 20.8 Å². The van der Waals surface area contributed by atoms with Crippen molar-refractivity contribution in [3.8, 4) is 0 Å². The van der Waals surface area contributed by atoms with Crippen molar-refractivity contribution in [2.24, 2.45) is 10.8 Å². The lowest BCUT2D eigenvalue weighted by Crippen LogP contribution is -2.43. The summed E-state index contributed by atoms with van der Waals surface area (Å²) in [4.78, 5) is 6.43. The largest absolute Gasteiger partial charge is 0.382 e. The number of rotatable bonds is 5. The Kier molecular flexibility index (Phi) is 5.96. The van der Waals surface area contributed by atoms with E-state index < -0.39 is 0 Å². The maximum absolute atomic E-state index is 5.49. The van der Waals surface area contributed by atoms with Crippen molar-refractivity contribution >= 4 is 17.3 Å². The van der Waals surface area contributed by atoms with Crippen molar-refractivity contribution in [2.45, 2.75) is 19.5 Å². The zero-order chi connectivity index (χ0) is 12.7. The third-order valence-electron chi connectivity index (χ3n) is 2.24. The average Bonchev–Trinajstić information content (AvgIpc) is 2.78. The first kappa shape index (κ1) is 14.0. The van der Waals surface area contributed by atoms with Crippen LogP contribution < -0.4 is 11.3 Å². The summed E-state index contributed by atoms with van der Waals surface area (Å²) >= 11 is 1.68. The van der Waals surface area contributed by atoms with Gasteiger partial charge >= 0.3 is 0 Å². The fourth-order valence-electron chi connectivity index (χ4n) is 1.46. The molecule has 0 saturated heterocycles. The molecule has 1 aromatic rings. The van der Waals surface area contributed by atoms with Gasteiger partial charge in [0, 0.05) is 20.7 Å². The molecule has 0 aliphatic carbocycles. The molecule has 0 amide bonds. The van der Waals surface area contributed by atoms with Crippen LogP contribution in [0.3, 0.4) is 0 Å². The molecule has 0 radical (unpaired) electrons. The highest BCUT2D eigenvalue weighted by Gasteiger charge is 2.08. The molecule has 0 bridgehead atoms. The van der Waals surface area contributed by atoms with Crippen molar-refractivity contribution in [3.05, 3.63) is 22.4 Å². The molecule has 5 nitrogen and oxygen atoms in total. The molecule has 1 unspecified atom stereocenters. The Bertz CT molecular complexity index is 339. The molecule has 1 aromatic heterocycles. The smallest absolute Gasteiger partial charge is 0.208 e. The summed E-state index contributed by atoms with van der Waals surface area (Å²) in [5.74, 6) is 6.15. The van der Waals surface area contributed by atoms with Crippen LogP contribution in [-0.4, -0.2) is 37.7 Å². The third kappa shape index (κ3) is 4.72. The average molecular weight is 256 g/mol. The molecule has 6 heteroatoms. The quantitative estimate of drug-likeness (QED) is 0.357. The summed E-state index contributed by atoms with van der Waals surface area (Å²) in [6.07, 6.45) is 0. The molecule has 1 heterocycles. The van der Waals surface area contributed by atoms with E-state index in [0.29, 0.717) is 12.6 Å². The third-order valence-corrected chi connectivity index (χ3v) is 2.97. The van der Waals surface area contributed by atoms with Crippen LogP contribution in [0.4, 0.5) is 0 Å². The second-order valence-electron chi connectivity index (χ2n) is 3.89. The van der Waals surface area contributed by atoms with E-state index in [1.54, 1.807) is 18.4 Å². The van der Waals surface area contributed by atoms with E-state index in [4.69, 9.17) is 10.6 Å². The summed E-state index contributed by atoms with van der Waals surface area (Å²) in [5, 5.41) is 4.17. The fourth-order valence-corrected chi connectivity index (χ4v) is 2.12. The molecule has 0 spiro atoms. The Balaban J connectivity index is 2.60. The van der Waals surface area contributed by atoms with E-state index >= 15 is 0 Å². The predicted octanol–water partition coefficient (Wildman–Crippen LogP) is 1.03. The molecule has 0 aromatic carbocycles. The molecule has 0 saturated carbocycles. The number of methoxy groups -OCH3 is 1. The minimum Gasteiger partial charge on any atom is -0.382 e. The summed E-state index contributed by atoms with van der Waals surface area (Å²) in [5.41, 5.74) is 3.88. The minimum atomic E-state index is 0.0796. The molecular weight excluding hydrogens is 236 g/mol. The Hall–Kier alpha value is -1.11. The maximum atomic E-state index is 5.49. The standard InChI is InChI=1S/C11H20N4OS/c1-9(7-16-3)13-11(14-12)15(2)6-10-4-5-17-8-10/h4-5,8-9H,6-7,12H2,1-3H3,(H,13,14). The number of guanidine groups is 1. The molecule has 1 atom stereocenters. The highest BCUT2D eigenvalue weighted by Crippen LogP contribution is 2.08. The van der Waals surface area contributed by atoms with Crippen molar-refractivity contribution in [3.63, 3.8) is 0 Å². The van der Waals surface area contributed by atoms with Crippen LogP contribution >= 0.6 is 11.3 Å². The van der Waals surface area contributed by atoms with E-state index in [0.717, 1.165) is 6.54 Å². The van der Waals surface area contributed by atoms with Gasteiger partial charge in [0.1, 0.15) is 0 Å². The van der Waals surface area contributed by atoms with Gasteiger partial charge in [-0.1, -0.05) is 0 Å². The number of hydrogen-bond acceptors (Lipinski definition) is 4. The number of thiophene rings is 1. The second-order valence-corrected chi connectivity index (χ2v) is 4.67. The number of nitrogens with one attached hydrogen (secondary N) is 1. The van der Waals surface area contributed by atoms with Crippen LogP contribution in [-0.2, 0) is 11.3 Å². The Morgan fingerprint density at radius 2 is 2.47 bits per heavy atom. The number of nitrogens with zero attached hydrogens (tertiary/aromatic N) is 2. The zero-order valence-electron chi connectivity index (χ0n) is 10.5. The van der Waals surface area contributed by atoms with Gasteiger partial charge < -0.3 is 9.64 Å². The molecule has 0 aliphatic heterocycles. The molecule has 0 aliphatic rings. The highest BCUT2D eigenvalue weighted by atomic mass is 32.1. The summed E-state index contributed by atoms with van der Waals surface area (Å²) in [6.45, 7) is 3.35. The first-order chi connectivity index (χ1) is 8.17. The van der Waals surface area contributed by atoms with Crippen LogP contribution in [0.2, 0.25) is 0 Å². The lowest BCUT2D eigenvalue weighted by atomic mass is 10.3. The van der Waals surface area contributed by atoms with E-state index in [1.807, 2.05) is 18.9 Å². The molecule has 0 fully saturated rings. The topological polar surface area (TPSA) is 62.9 Å². The fraction of sp³-hybridized carbons (Fsp3) is 0.545. The van der Waals surface area contributed by atoms with Crippen LogP contribution in [0.5, 0.6) is 0 Å². The van der Waals surface area contributed by atoms with E-state index in [1.165, 1.54) is 5.56 Å². The highest BCUT2D eigenvalue weighted by molar-refractivity contribution is 7.07. The first-order valence-corrected chi connectivity index (χ1v) is 6.37. The van der Waals surface area contributed by atoms with Gasteiger partial charge in [-0.3, -0.25) is 5.43 Å². The summed E-state index contributed by atoms with van der Waals surface area (Å²) in [6, 6.07) is 2.17. The first-order valence-electron chi connectivity index (χ1n) is 5.43. The van der Waals surface area contributed by atoms with Gasteiger partial charge in [-0.05, 0) is 29.3 Å². The normalized spacial score (nSPS) is 13.5. The van der Waals surface area contributed by atoms with Crippen molar-refractivity contribution in [1.82, 2.24) is 10.3 Å². The predicted molar refractivity (Wildman–Crippen MR) is 71.9 cm³/mol. The van der Waals surface area contributed by atoms with Gasteiger partial charge in [-0.15, -0.1) is 0 Å². The number of ether oxygens (including phenoxy) is 1. The number of hydrazine groups is 1. The van der Waals surface area contributed by atoms with Gasteiger partial charge in [-0.2, -0.15) is 11.3 Å². The lowest BCUT2D eigenvalue weighted by molar-refractivity contribution is 0.185. The number of hydrogen-bond donors (Lipinski definition) is 2. The Labute approximate surface area is 106 Å². The number of aliphatic imine (C=N–C) groups is 1. The SMILES string of the molecule is COCC(C)N=C(NN)N(C)Cc1ccsc1. The van der Waals surface area contributed by atoms with Crippen LogP contribution in [0.15, 0.2) is 21.8 Å². The summed E-state index contributed by atoms with van der Waals surface area (Å²) in [7, 11) is 3.62. The molecular formula is C11H20N4OS. The van der Waals surface area contributed by atoms with Crippen molar-refractivity contribution in [1.29, 1.82) is 0 Å². The number of nitrogens with two attached hydrogens (primary N) is 1. The van der Waals surface area contributed by atoms with Gasteiger partial charge in [0.15, 0.2) is 0 Å². The van der Waals surface area contributed by atoms with E-state index in [9.17, 15) is 0 Å². The lowest BCUT2D eigenvalue weighted by Gasteiger charge is -2.21.